The predicted octanol–water partition coefficient (Wildman–Crippen LogP) is 1.14. The van der Waals surface area contributed by atoms with Crippen molar-refractivity contribution in [1.82, 2.24) is 0 Å². The summed E-state index contributed by atoms with van der Waals surface area (Å²) >= 11 is 0. The van der Waals surface area contributed by atoms with Crippen LogP contribution < -0.4 is 15.1 Å². The van der Waals surface area contributed by atoms with E-state index in [9.17, 15) is 4.79 Å². The highest BCUT2D eigenvalue weighted by atomic mass is 16.1. The lowest BCUT2D eigenvalue weighted by atomic mass is 9.95. The van der Waals surface area contributed by atoms with Crippen LogP contribution in [0.15, 0.2) is 59.7 Å². The molecule has 4 heteroatoms. The van der Waals surface area contributed by atoms with Gasteiger partial charge in [0, 0.05) is 19.8 Å². The molecule has 3 rings (SSSR count). The van der Waals surface area contributed by atoms with Crippen LogP contribution in [0.4, 0.5) is 11.4 Å². The van der Waals surface area contributed by atoms with E-state index in [1.165, 1.54) is 10.6 Å². The maximum atomic E-state index is 12.9. The summed E-state index contributed by atoms with van der Waals surface area (Å²) in [6, 6.07) is 16.7. The van der Waals surface area contributed by atoms with Gasteiger partial charge < -0.3 is 15.1 Å². The maximum absolute atomic E-state index is 12.9. The molecule has 0 aliphatic carbocycles. The first-order chi connectivity index (χ1) is 12.9. The van der Waals surface area contributed by atoms with E-state index in [-0.39, 0.29) is 5.78 Å². The smallest absolute Gasteiger partial charge is 0.196 e. The Hall–Kier alpha value is -2.69. The van der Waals surface area contributed by atoms with Crippen LogP contribution in [0.3, 0.4) is 0 Å². The quantitative estimate of drug-likeness (QED) is 0.800. The fourth-order valence-corrected chi connectivity index (χ4v) is 3.21. The Morgan fingerprint density at radius 1 is 0.852 bits per heavy atom. The molecule has 0 atom stereocenters. The van der Waals surface area contributed by atoms with Gasteiger partial charge in [0.25, 0.3) is 0 Å². The Morgan fingerprint density at radius 3 is 1.78 bits per heavy atom. The minimum absolute atomic E-state index is 0.163. The molecule has 3 N–H and O–H groups in total. The first-order valence-electron chi connectivity index (χ1n) is 9.39. The topological polar surface area (TPSA) is 41.4 Å². The summed E-state index contributed by atoms with van der Waals surface area (Å²) in [5.41, 5.74) is 6.26. The highest BCUT2D eigenvalue weighted by molar-refractivity contribution is 6.14. The summed E-state index contributed by atoms with van der Waals surface area (Å²) in [5, 5.41) is 2.19. The molecule has 1 fully saturated rings. The van der Waals surface area contributed by atoms with Gasteiger partial charge in [-0.2, -0.15) is 0 Å². The number of Topliss-reactive ketones (excluding diaryl/α,β-unsaturated/α-hetero) is 1. The van der Waals surface area contributed by atoms with Gasteiger partial charge in [0.15, 0.2) is 5.78 Å². The lowest BCUT2D eigenvalue weighted by Crippen LogP contribution is -3.00. The van der Waals surface area contributed by atoms with Gasteiger partial charge in [0.2, 0.25) is 0 Å². The average molecular weight is 364 g/mol. The zero-order valence-electron chi connectivity index (χ0n) is 16.6. The van der Waals surface area contributed by atoms with Gasteiger partial charge in [-0.3, -0.25) is 4.79 Å². The highest BCUT2D eigenvalue weighted by Gasteiger charge is 2.23. The third-order valence-electron chi connectivity index (χ3n) is 4.89. The number of rotatable bonds is 4. The zero-order chi connectivity index (χ0) is 19.4. The summed E-state index contributed by atoms with van der Waals surface area (Å²) in [7, 11) is 8.26. The molecule has 0 aromatic heterocycles. The molecule has 1 saturated heterocycles. The first kappa shape index (κ1) is 19.1. The summed E-state index contributed by atoms with van der Waals surface area (Å²) in [5.74, 6) is 0.163. The zero-order valence-corrected chi connectivity index (χ0v) is 16.6. The number of hydrogen-bond donors (Lipinski definition) is 2. The molecule has 1 aliphatic rings. The Balaban J connectivity index is 1.80. The third kappa shape index (κ3) is 4.73. The monoisotopic (exact) mass is 363 g/mol. The number of carbonyl (C=O) groups is 1. The number of nitrogens with two attached hydrogens (primary N) is 1. The molecule has 2 aromatic carbocycles. The molecule has 140 valence electrons. The molecule has 0 bridgehead atoms. The van der Waals surface area contributed by atoms with Crippen molar-refractivity contribution in [2.75, 3.05) is 46.2 Å². The maximum Gasteiger partial charge on any atom is 0.196 e. The van der Waals surface area contributed by atoms with Crippen LogP contribution in [0.2, 0.25) is 0 Å². The van der Waals surface area contributed by atoms with Gasteiger partial charge in [-0.1, -0.05) is 12.1 Å². The van der Waals surface area contributed by atoms with E-state index >= 15 is 0 Å². The van der Waals surface area contributed by atoms with E-state index < -0.39 is 0 Å². The van der Waals surface area contributed by atoms with Gasteiger partial charge in [-0.15, -0.1) is 0 Å². The molecule has 0 spiro atoms. The van der Waals surface area contributed by atoms with Crippen molar-refractivity contribution in [3.05, 3.63) is 70.8 Å². The lowest BCUT2D eigenvalue weighted by molar-refractivity contribution is -0.786. The highest BCUT2D eigenvalue weighted by Crippen LogP contribution is 2.18. The number of nitrogens with one attached hydrogen (secondary N) is 1. The summed E-state index contributed by atoms with van der Waals surface area (Å²) < 4.78 is 0. The van der Waals surface area contributed by atoms with Crippen molar-refractivity contribution in [2.45, 2.75) is 0 Å². The predicted molar refractivity (Wildman–Crippen MR) is 112 cm³/mol. The van der Waals surface area contributed by atoms with Crippen molar-refractivity contribution in [1.29, 1.82) is 0 Å². The molecule has 0 unspecified atom stereocenters. The van der Waals surface area contributed by atoms with Crippen molar-refractivity contribution in [2.24, 2.45) is 0 Å². The van der Waals surface area contributed by atoms with E-state index in [1.807, 2.05) is 26.2 Å². The standard InChI is InChI=1S/C23H27N3O/c1-25(2)21-9-5-17(6-10-21)13-19-15-24-16-20(23(19)27)14-18-7-11-22(12-8-18)26(3)4/h5-14,24H,15-16H2,1-4H3/p+2/b19-13+,20-14+. The van der Waals surface area contributed by atoms with Crippen molar-refractivity contribution < 1.29 is 15.0 Å². The molecule has 1 heterocycles. The number of carbonyl (C=O) groups excluding carboxylic acids is 1. The second-order valence-corrected chi connectivity index (χ2v) is 7.47. The Morgan fingerprint density at radius 2 is 1.33 bits per heavy atom. The van der Waals surface area contributed by atoms with Crippen molar-refractivity contribution in [3.63, 3.8) is 0 Å². The summed E-state index contributed by atoms with van der Waals surface area (Å²) in [6.07, 6.45) is 4.04. The summed E-state index contributed by atoms with van der Waals surface area (Å²) in [6.45, 7) is 1.46. The minimum atomic E-state index is 0.163. The van der Waals surface area contributed by atoms with Gasteiger partial charge in [-0.25, -0.2) is 0 Å². The van der Waals surface area contributed by atoms with Crippen molar-refractivity contribution in [3.8, 4) is 0 Å². The van der Waals surface area contributed by atoms with Crippen LogP contribution in [-0.4, -0.2) is 47.1 Å². The normalized spacial score (nSPS) is 17.7. The second kappa shape index (κ2) is 8.33. The molecular formula is C23H29N3O+2. The van der Waals surface area contributed by atoms with Gasteiger partial charge >= 0.3 is 0 Å². The van der Waals surface area contributed by atoms with E-state index in [2.05, 4.69) is 72.8 Å². The molecule has 0 saturated carbocycles. The number of piperidine rings is 1. The Bertz CT molecular complexity index is 788. The van der Waals surface area contributed by atoms with E-state index in [1.54, 1.807) is 0 Å². The SMILES string of the molecule is CN(C)c1ccc(/C=C2\C[NH2+]C/C(=C\c3ccc([NH+](C)C)cc3)C2=O)cc1. The molecule has 2 aromatic rings. The molecule has 4 nitrogen and oxygen atoms in total. The molecule has 0 amide bonds. The van der Waals surface area contributed by atoms with Crippen LogP contribution in [0.1, 0.15) is 11.1 Å². The van der Waals surface area contributed by atoms with Crippen LogP contribution in [0.25, 0.3) is 12.2 Å². The number of nitrogens with zero attached hydrogens (tertiary/aromatic N) is 1. The first-order valence-corrected chi connectivity index (χ1v) is 9.39. The largest absolute Gasteiger partial charge is 0.378 e. The number of hydrogen-bond acceptors (Lipinski definition) is 2. The van der Waals surface area contributed by atoms with Gasteiger partial charge in [-0.05, 0) is 59.7 Å². The fourth-order valence-electron chi connectivity index (χ4n) is 3.21. The summed E-state index contributed by atoms with van der Waals surface area (Å²) in [4.78, 5) is 16.3. The molecule has 0 radical (unpaired) electrons. The van der Waals surface area contributed by atoms with Crippen LogP contribution >= 0.6 is 0 Å². The Kier molecular flexibility index (Phi) is 5.89. The minimum Gasteiger partial charge on any atom is -0.378 e. The van der Waals surface area contributed by atoms with Gasteiger partial charge in [0.05, 0.1) is 25.2 Å². The fraction of sp³-hybridized carbons (Fsp3) is 0.261. The van der Waals surface area contributed by atoms with E-state index in [0.717, 1.165) is 41.1 Å². The lowest BCUT2D eigenvalue weighted by Gasteiger charge is -2.16. The van der Waals surface area contributed by atoms with Crippen LogP contribution in [0.5, 0.6) is 0 Å². The van der Waals surface area contributed by atoms with E-state index in [4.69, 9.17) is 0 Å². The number of ketones is 1. The number of quaternary nitrogens is 2. The van der Waals surface area contributed by atoms with Gasteiger partial charge in [0.1, 0.15) is 18.8 Å². The number of anilines is 1. The van der Waals surface area contributed by atoms with Crippen LogP contribution in [-0.2, 0) is 4.79 Å². The Labute approximate surface area is 161 Å². The second-order valence-electron chi connectivity index (χ2n) is 7.47. The molecule has 1 aliphatic heterocycles. The molecule has 27 heavy (non-hydrogen) atoms. The average Bonchev–Trinajstić information content (AvgIpc) is 2.66. The van der Waals surface area contributed by atoms with Crippen LogP contribution in [0, 0.1) is 0 Å². The van der Waals surface area contributed by atoms with Crippen molar-refractivity contribution >= 4 is 29.3 Å². The third-order valence-corrected chi connectivity index (χ3v) is 4.89. The number of benzene rings is 2. The molecular weight excluding hydrogens is 334 g/mol. The van der Waals surface area contributed by atoms with E-state index in [0.29, 0.717) is 0 Å².